The molecule has 1 rings (SSSR count). The van der Waals surface area contributed by atoms with Crippen molar-refractivity contribution >= 4 is 12.4 Å². The van der Waals surface area contributed by atoms with Crippen LogP contribution in [0.2, 0.25) is 0 Å². The molecule has 1 aliphatic heterocycles. The second-order valence-corrected chi connectivity index (χ2v) is 1.75. The van der Waals surface area contributed by atoms with Crippen LogP contribution in [0.1, 0.15) is 6.42 Å². The first kappa shape index (κ1) is 11.9. The number of rotatable bonds is 0. The Morgan fingerprint density at radius 2 is 2.00 bits per heavy atom. The standard InChI is InChI=1S/C4H10N2.ClH.H3NO/c5-4-1-2-6-3-4;;1-2/h4,6H,1-3,5H2;1H;2H,1H2. The monoisotopic (exact) mass is 155 g/mol. The fourth-order valence-corrected chi connectivity index (χ4v) is 0.677. The highest BCUT2D eigenvalue weighted by atomic mass is 35.5. The van der Waals surface area contributed by atoms with Crippen LogP contribution in [0.4, 0.5) is 0 Å². The summed E-state index contributed by atoms with van der Waals surface area (Å²) in [5.74, 6) is 3.50. The molecule has 1 fully saturated rings. The lowest BCUT2D eigenvalue weighted by Crippen LogP contribution is -2.21. The summed E-state index contributed by atoms with van der Waals surface area (Å²) in [6, 6.07) is 0.435. The van der Waals surface area contributed by atoms with Crippen molar-refractivity contribution in [1.82, 2.24) is 5.32 Å². The zero-order valence-corrected chi connectivity index (χ0v) is 6.03. The van der Waals surface area contributed by atoms with Gasteiger partial charge >= 0.3 is 0 Å². The van der Waals surface area contributed by atoms with Crippen LogP contribution in [0.15, 0.2) is 0 Å². The van der Waals surface area contributed by atoms with Gasteiger partial charge in [0.2, 0.25) is 0 Å². The van der Waals surface area contributed by atoms with Crippen molar-refractivity contribution in [2.24, 2.45) is 11.6 Å². The summed E-state index contributed by atoms with van der Waals surface area (Å²) in [7, 11) is 0. The number of hydrogen-bond acceptors (Lipinski definition) is 4. The van der Waals surface area contributed by atoms with Gasteiger partial charge in [-0.2, -0.15) is 0 Å². The van der Waals surface area contributed by atoms with Gasteiger partial charge in [-0.3, -0.25) is 0 Å². The molecular formula is C4H14ClN3O. The van der Waals surface area contributed by atoms with E-state index in [1.807, 2.05) is 0 Å². The van der Waals surface area contributed by atoms with Gasteiger partial charge in [0.1, 0.15) is 0 Å². The first-order valence-corrected chi connectivity index (χ1v) is 2.62. The van der Waals surface area contributed by atoms with Crippen LogP contribution in [0.5, 0.6) is 0 Å². The summed E-state index contributed by atoms with van der Waals surface area (Å²) < 4.78 is 0. The minimum absolute atomic E-state index is 0. The van der Waals surface area contributed by atoms with Crippen molar-refractivity contribution in [3.63, 3.8) is 0 Å². The average molecular weight is 156 g/mol. The van der Waals surface area contributed by atoms with Gasteiger partial charge in [-0.25, -0.2) is 5.90 Å². The highest BCUT2D eigenvalue weighted by Crippen LogP contribution is 1.90. The van der Waals surface area contributed by atoms with Crippen molar-refractivity contribution in [2.45, 2.75) is 12.5 Å². The Kier molecular flexibility index (Phi) is 10.7. The average Bonchev–Trinajstić information content (AvgIpc) is 2.24. The topological polar surface area (TPSA) is 84.3 Å². The van der Waals surface area contributed by atoms with Crippen LogP contribution in [-0.2, 0) is 0 Å². The quantitative estimate of drug-likeness (QED) is 0.341. The number of hydrogen-bond donors (Lipinski definition) is 4. The Bertz CT molecular complexity index is 49.1. The Labute approximate surface area is 61.0 Å². The highest BCUT2D eigenvalue weighted by molar-refractivity contribution is 5.85. The van der Waals surface area contributed by atoms with Gasteiger partial charge in [0, 0.05) is 12.6 Å². The molecule has 0 spiro atoms. The van der Waals surface area contributed by atoms with Gasteiger partial charge in [0.15, 0.2) is 0 Å². The lowest BCUT2D eigenvalue weighted by Gasteiger charge is -1.91. The predicted molar refractivity (Wildman–Crippen MR) is 38.7 cm³/mol. The molecule has 9 heavy (non-hydrogen) atoms. The molecule has 58 valence electrons. The van der Waals surface area contributed by atoms with Crippen LogP contribution in [0.3, 0.4) is 0 Å². The van der Waals surface area contributed by atoms with Gasteiger partial charge < -0.3 is 16.3 Å². The summed E-state index contributed by atoms with van der Waals surface area (Å²) in [6.45, 7) is 2.13. The van der Waals surface area contributed by atoms with E-state index >= 15 is 0 Å². The molecule has 0 amide bonds. The van der Waals surface area contributed by atoms with Crippen molar-refractivity contribution in [3.05, 3.63) is 0 Å². The molecule has 0 bridgehead atoms. The van der Waals surface area contributed by atoms with Gasteiger partial charge in [0.05, 0.1) is 0 Å². The van der Waals surface area contributed by atoms with Gasteiger partial charge in [-0.1, -0.05) is 0 Å². The summed E-state index contributed by atoms with van der Waals surface area (Å²) >= 11 is 0. The number of nitrogens with two attached hydrogens (primary N) is 2. The van der Waals surface area contributed by atoms with E-state index in [0.717, 1.165) is 19.5 Å². The normalized spacial score (nSPS) is 23.7. The Morgan fingerprint density at radius 3 is 2.11 bits per heavy atom. The second kappa shape index (κ2) is 8.13. The summed E-state index contributed by atoms with van der Waals surface area (Å²) in [4.78, 5) is 0. The molecule has 1 unspecified atom stereocenters. The Morgan fingerprint density at radius 1 is 1.44 bits per heavy atom. The second-order valence-electron chi connectivity index (χ2n) is 1.75. The van der Waals surface area contributed by atoms with E-state index in [4.69, 9.17) is 10.9 Å². The Balaban J connectivity index is 0. The van der Waals surface area contributed by atoms with Crippen molar-refractivity contribution in [1.29, 1.82) is 0 Å². The maximum atomic E-state index is 6.50. The van der Waals surface area contributed by atoms with E-state index in [1.54, 1.807) is 0 Å². The SMILES string of the molecule is Cl.NC1CCNC1.NO. The summed E-state index contributed by atoms with van der Waals surface area (Å²) in [5.41, 5.74) is 5.47. The predicted octanol–water partition coefficient (Wildman–Crippen LogP) is -0.937. The number of nitrogens with one attached hydrogen (secondary N) is 1. The van der Waals surface area contributed by atoms with Gasteiger partial charge in [-0.05, 0) is 13.0 Å². The fraction of sp³-hybridized carbons (Fsp3) is 1.00. The third-order valence-electron chi connectivity index (χ3n) is 1.10. The first-order chi connectivity index (χ1) is 3.89. The zero-order chi connectivity index (χ0) is 6.41. The Hall–Kier alpha value is 0.130. The van der Waals surface area contributed by atoms with Gasteiger partial charge in [-0.15, -0.1) is 12.4 Å². The summed E-state index contributed by atoms with van der Waals surface area (Å²) in [6.07, 6.45) is 1.15. The molecule has 1 saturated heterocycles. The maximum Gasteiger partial charge on any atom is 0.0177 e. The molecular weight excluding hydrogens is 142 g/mol. The first-order valence-electron chi connectivity index (χ1n) is 2.62. The molecule has 0 aromatic rings. The molecule has 0 aromatic carbocycles. The molecule has 1 atom stereocenters. The fourth-order valence-electron chi connectivity index (χ4n) is 0.677. The van der Waals surface area contributed by atoms with Crippen molar-refractivity contribution < 1.29 is 5.21 Å². The minimum atomic E-state index is 0. The van der Waals surface area contributed by atoms with E-state index in [-0.39, 0.29) is 12.4 Å². The van der Waals surface area contributed by atoms with Crippen molar-refractivity contribution in [2.75, 3.05) is 13.1 Å². The smallest absolute Gasteiger partial charge is 0.0177 e. The van der Waals surface area contributed by atoms with E-state index in [0.29, 0.717) is 6.04 Å². The molecule has 0 aliphatic carbocycles. The van der Waals surface area contributed by atoms with E-state index in [9.17, 15) is 0 Å². The third-order valence-corrected chi connectivity index (χ3v) is 1.10. The molecule has 0 radical (unpaired) electrons. The lowest BCUT2D eigenvalue weighted by molar-refractivity contribution is 0.311. The third kappa shape index (κ3) is 6.01. The van der Waals surface area contributed by atoms with E-state index < -0.39 is 0 Å². The molecule has 1 aliphatic rings. The lowest BCUT2D eigenvalue weighted by atomic mass is 10.3. The van der Waals surface area contributed by atoms with Crippen LogP contribution in [-0.4, -0.2) is 24.3 Å². The van der Waals surface area contributed by atoms with Crippen molar-refractivity contribution in [3.8, 4) is 0 Å². The highest BCUT2D eigenvalue weighted by Gasteiger charge is 2.06. The van der Waals surface area contributed by atoms with Crippen LogP contribution in [0, 0.1) is 0 Å². The maximum absolute atomic E-state index is 6.50. The largest absolute Gasteiger partial charge is 0.327 e. The molecule has 5 heteroatoms. The molecule has 6 N–H and O–H groups in total. The van der Waals surface area contributed by atoms with Crippen LogP contribution < -0.4 is 16.9 Å². The molecule has 0 saturated carbocycles. The van der Waals surface area contributed by atoms with E-state index in [2.05, 4.69) is 11.2 Å². The number of halogens is 1. The summed E-state index contributed by atoms with van der Waals surface area (Å²) in [5, 5.41) is 9.65. The minimum Gasteiger partial charge on any atom is -0.327 e. The van der Waals surface area contributed by atoms with Gasteiger partial charge in [0.25, 0.3) is 0 Å². The molecule has 0 aromatic heterocycles. The molecule has 4 nitrogen and oxygen atoms in total. The molecule has 1 heterocycles. The zero-order valence-electron chi connectivity index (χ0n) is 5.21. The van der Waals surface area contributed by atoms with Crippen LogP contribution in [0.25, 0.3) is 0 Å². The van der Waals surface area contributed by atoms with Crippen LogP contribution >= 0.6 is 12.4 Å². The van der Waals surface area contributed by atoms with E-state index in [1.165, 1.54) is 0 Å².